The number of urea groups is 1. The van der Waals surface area contributed by atoms with Crippen LogP contribution >= 0.6 is 0 Å². The molecule has 5 heteroatoms. The molecule has 0 aromatic carbocycles. The Bertz CT molecular complexity index is 193. The highest BCUT2D eigenvalue weighted by Gasteiger charge is 2.16. The zero-order chi connectivity index (χ0) is 11.1. The summed E-state index contributed by atoms with van der Waals surface area (Å²) in [6, 6.07) is -0.282. The molecule has 1 saturated carbocycles. The van der Waals surface area contributed by atoms with Gasteiger partial charge in [-0.3, -0.25) is 0 Å². The Kier molecular flexibility index (Phi) is 5.42. The molecule has 0 radical (unpaired) electrons. The Morgan fingerprint density at radius 3 is 2.80 bits per heavy atom. The zero-order valence-electron chi connectivity index (χ0n) is 9.16. The highest BCUT2D eigenvalue weighted by Crippen LogP contribution is 2.20. The number of nitrogens with one attached hydrogen (secondary N) is 2. The van der Waals surface area contributed by atoms with Crippen LogP contribution in [0.15, 0.2) is 0 Å². The summed E-state index contributed by atoms with van der Waals surface area (Å²) in [6.07, 6.45) is 4.31. The molecule has 1 fully saturated rings. The van der Waals surface area contributed by atoms with Gasteiger partial charge in [0.15, 0.2) is 0 Å². The second-order valence-electron chi connectivity index (χ2n) is 3.85. The van der Waals surface area contributed by atoms with Crippen molar-refractivity contribution in [1.29, 1.82) is 0 Å². The van der Waals surface area contributed by atoms with Crippen molar-refractivity contribution in [2.75, 3.05) is 20.2 Å². The standard InChI is InChI=1S/C10H20N2O3/c1-11-10(14)12-6-8(13)7-15-9-4-2-3-5-9/h8-9,13H,2-7H2,1H3,(H2,11,12,14). The molecule has 1 rings (SSSR count). The van der Waals surface area contributed by atoms with Gasteiger partial charge in [-0.2, -0.15) is 0 Å². The van der Waals surface area contributed by atoms with Crippen molar-refractivity contribution in [3.8, 4) is 0 Å². The topological polar surface area (TPSA) is 70.6 Å². The molecule has 15 heavy (non-hydrogen) atoms. The van der Waals surface area contributed by atoms with E-state index in [0.717, 1.165) is 12.8 Å². The van der Waals surface area contributed by atoms with Crippen molar-refractivity contribution in [3.05, 3.63) is 0 Å². The van der Waals surface area contributed by atoms with E-state index in [1.165, 1.54) is 19.9 Å². The predicted molar refractivity (Wildman–Crippen MR) is 56.7 cm³/mol. The van der Waals surface area contributed by atoms with Crippen LogP contribution in [0.4, 0.5) is 4.79 Å². The van der Waals surface area contributed by atoms with Crippen molar-refractivity contribution >= 4 is 6.03 Å². The lowest BCUT2D eigenvalue weighted by atomic mass is 10.3. The molecule has 1 unspecified atom stereocenters. The summed E-state index contributed by atoms with van der Waals surface area (Å²) >= 11 is 0. The summed E-state index contributed by atoms with van der Waals surface area (Å²) in [5, 5.41) is 14.4. The molecule has 0 aromatic rings. The fourth-order valence-corrected chi connectivity index (χ4v) is 1.66. The van der Waals surface area contributed by atoms with E-state index in [9.17, 15) is 9.90 Å². The first-order valence-corrected chi connectivity index (χ1v) is 5.47. The third-order valence-corrected chi connectivity index (χ3v) is 2.55. The maximum absolute atomic E-state index is 10.8. The van der Waals surface area contributed by atoms with Crippen LogP contribution in [0.1, 0.15) is 25.7 Å². The number of hydrogen-bond acceptors (Lipinski definition) is 3. The summed E-state index contributed by atoms with van der Waals surface area (Å²) < 4.78 is 5.51. The predicted octanol–water partition coefficient (Wildman–Crippen LogP) is 0.235. The Morgan fingerprint density at radius 1 is 1.53 bits per heavy atom. The van der Waals surface area contributed by atoms with Crippen LogP contribution in [0.25, 0.3) is 0 Å². The first-order valence-electron chi connectivity index (χ1n) is 5.47. The number of rotatable bonds is 5. The van der Waals surface area contributed by atoms with Gasteiger partial charge in [0, 0.05) is 13.6 Å². The first kappa shape index (κ1) is 12.3. The minimum Gasteiger partial charge on any atom is -0.389 e. The molecule has 0 heterocycles. The maximum Gasteiger partial charge on any atom is 0.314 e. The summed E-state index contributed by atoms with van der Waals surface area (Å²) in [5.41, 5.74) is 0. The van der Waals surface area contributed by atoms with Crippen LogP contribution in [0.3, 0.4) is 0 Å². The number of carbonyl (C=O) groups excluding carboxylic acids is 1. The van der Waals surface area contributed by atoms with Crippen molar-refractivity contribution in [1.82, 2.24) is 10.6 Å². The van der Waals surface area contributed by atoms with Gasteiger partial charge in [-0.1, -0.05) is 12.8 Å². The van der Waals surface area contributed by atoms with E-state index in [1.807, 2.05) is 0 Å². The van der Waals surface area contributed by atoms with Gasteiger partial charge in [-0.15, -0.1) is 0 Å². The lowest BCUT2D eigenvalue weighted by Crippen LogP contribution is -2.39. The molecule has 0 aromatic heterocycles. The number of hydrogen-bond donors (Lipinski definition) is 3. The molecule has 0 spiro atoms. The van der Waals surface area contributed by atoms with Crippen LogP contribution in [-0.4, -0.2) is 43.5 Å². The molecular formula is C10H20N2O3. The van der Waals surface area contributed by atoms with E-state index in [-0.39, 0.29) is 12.6 Å². The van der Waals surface area contributed by atoms with Crippen LogP contribution in [0, 0.1) is 0 Å². The molecule has 1 atom stereocenters. The van der Waals surface area contributed by atoms with Crippen molar-refractivity contribution in [2.45, 2.75) is 37.9 Å². The van der Waals surface area contributed by atoms with E-state index >= 15 is 0 Å². The van der Waals surface area contributed by atoms with Gasteiger partial charge in [0.25, 0.3) is 0 Å². The first-order chi connectivity index (χ1) is 7.22. The normalized spacial score (nSPS) is 18.8. The van der Waals surface area contributed by atoms with Crippen LogP contribution < -0.4 is 10.6 Å². The number of amides is 2. The average Bonchev–Trinajstić information content (AvgIpc) is 2.75. The van der Waals surface area contributed by atoms with E-state index < -0.39 is 6.10 Å². The number of carbonyl (C=O) groups is 1. The molecule has 0 saturated heterocycles. The second kappa shape index (κ2) is 6.63. The van der Waals surface area contributed by atoms with Gasteiger partial charge < -0.3 is 20.5 Å². The minimum atomic E-state index is -0.622. The summed E-state index contributed by atoms with van der Waals surface area (Å²) in [4.78, 5) is 10.8. The molecule has 1 aliphatic rings. The van der Waals surface area contributed by atoms with Crippen molar-refractivity contribution in [3.63, 3.8) is 0 Å². The van der Waals surface area contributed by atoms with E-state index in [2.05, 4.69) is 10.6 Å². The quantitative estimate of drug-likeness (QED) is 0.616. The Balaban J connectivity index is 2.02. The fraction of sp³-hybridized carbons (Fsp3) is 0.900. The van der Waals surface area contributed by atoms with E-state index in [1.54, 1.807) is 0 Å². The Hall–Kier alpha value is -0.810. The third kappa shape index (κ3) is 4.99. The van der Waals surface area contributed by atoms with Gasteiger partial charge in [-0.25, -0.2) is 4.79 Å². The monoisotopic (exact) mass is 216 g/mol. The lowest BCUT2D eigenvalue weighted by molar-refractivity contribution is -0.00448. The van der Waals surface area contributed by atoms with Gasteiger partial charge in [0.05, 0.1) is 18.8 Å². The molecule has 88 valence electrons. The van der Waals surface area contributed by atoms with E-state index in [4.69, 9.17) is 4.74 Å². The van der Waals surface area contributed by atoms with Crippen LogP contribution in [0.2, 0.25) is 0 Å². The van der Waals surface area contributed by atoms with Crippen LogP contribution in [0.5, 0.6) is 0 Å². The maximum atomic E-state index is 10.8. The van der Waals surface area contributed by atoms with Crippen molar-refractivity contribution < 1.29 is 14.6 Å². The highest BCUT2D eigenvalue weighted by atomic mass is 16.5. The Morgan fingerprint density at radius 2 is 2.20 bits per heavy atom. The molecule has 0 aliphatic heterocycles. The molecule has 5 nitrogen and oxygen atoms in total. The number of ether oxygens (including phenoxy) is 1. The van der Waals surface area contributed by atoms with Gasteiger partial charge in [-0.05, 0) is 12.8 Å². The second-order valence-corrected chi connectivity index (χ2v) is 3.85. The van der Waals surface area contributed by atoms with Gasteiger partial charge >= 0.3 is 6.03 Å². The summed E-state index contributed by atoms with van der Waals surface area (Å²) in [5.74, 6) is 0. The smallest absolute Gasteiger partial charge is 0.314 e. The Labute approximate surface area is 90.2 Å². The fourth-order valence-electron chi connectivity index (χ4n) is 1.66. The molecule has 1 aliphatic carbocycles. The molecular weight excluding hydrogens is 196 g/mol. The lowest BCUT2D eigenvalue weighted by Gasteiger charge is -2.15. The van der Waals surface area contributed by atoms with Crippen LogP contribution in [-0.2, 0) is 4.74 Å². The zero-order valence-corrected chi connectivity index (χ0v) is 9.16. The molecule has 2 amide bonds. The minimum absolute atomic E-state index is 0.229. The van der Waals surface area contributed by atoms with Crippen molar-refractivity contribution in [2.24, 2.45) is 0 Å². The summed E-state index contributed by atoms with van der Waals surface area (Å²) in [6.45, 7) is 0.529. The summed E-state index contributed by atoms with van der Waals surface area (Å²) in [7, 11) is 1.54. The van der Waals surface area contributed by atoms with Gasteiger partial charge in [0.2, 0.25) is 0 Å². The van der Waals surface area contributed by atoms with E-state index in [0.29, 0.717) is 12.7 Å². The number of aliphatic hydroxyl groups is 1. The number of aliphatic hydroxyl groups excluding tert-OH is 1. The SMILES string of the molecule is CNC(=O)NCC(O)COC1CCCC1. The average molecular weight is 216 g/mol. The largest absolute Gasteiger partial charge is 0.389 e. The molecule has 0 bridgehead atoms. The molecule has 3 N–H and O–H groups in total. The highest BCUT2D eigenvalue weighted by molar-refractivity contribution is 5.73. The third-order valence-electron chi connectivity index (χ3n) is 2.55. The van der Waals surface area contributed by atoms with Gasteiger partial charge in [0.1, 0.15) is 0 Å².